The molecule has 0 saturated carbocycles. The van der Waals surface area contributed by atoms with Gasteiger partial charge >= 0.3 is 21.1 Å². The van der Waals surface area contributed by atoms with Gasteiger partial charge in [0.25, 0.3) is 0 Å². The van der Waals surface area contributed by atoms with Gasteiger partial charge in [-0.2, -0.15) is 43.2 Å². The number of hydrogen-bond donors (Lipinski definition) is 0. The molecule has 6 nitrogen and oxygen atoms in total. The van der Waals surface area contributed by atoms with Gasteiger partial charge in [-0.1, -0.05) is 23.8 Å². The Kier molecular flexibility index (Phi) is 8.33. The molecule has 4 heterocycles. The second kappa shape index (κ2) is 10.6. The zero-order chi connectivity index (χ0) is 23.6. The summed E-state index contributed by atoms with van der Waals surface area (Å²) in [5.41, 5.74) is 1.14. The fraction of sp³-hybridized carbons (Fsp3) is 0.0909. The number of pyridine rings is 3. The molecule has 3 aromatic heterocycles. The van der Waals surface area contributed by atoms with Gasteiger partial charge in [-0.15, -0.1) is 12.1 Å². The Morgan fingerprint density at radius 1 is 0.970 bits per heavy atom. The molecule has 0 saturated heterocycles. The Morgan fingerprint density at radius 2 is 1.58 bits per heavy atom. The minimum Gasteiger partial charge on any atom is -0.372 e. The summed E-state index contributed by atoms with van der Waals surface area (Å²) in [5.74, 6) is -3.60. The SMILES string of the molecule is [CH2-]c1cc(F)nc(F)c1-c1cccc[n+]1[CH2-].[CH2-]c1cc(F)nc(F)c1N1N=CN(C)C1[CH2-].[Pt+4]. The van der Waals surface area contributed by atoms with Gasteiger partial charge < -0.3 is 21.4 Å². The zero-order valence-electron chi connectivity index (χ0n) is 17.5. The Balaban J connectivity index is 0.000000227. The summed E-state index contributed by atoms with van der Waals surface area (Å²) >= 11 is 0. The topological polar surface area (TPSA) is 48.5 Å². The van der Waals surface area contributed by atoms with Crippen LogP contribution in [-0.2, 0) is 21.1 Å². The van der Waals surface area contributed by atoms with Crippen LogP contribution < -0.4 is 9.58 Å². The van der Waals surface area contributed by atoms with E-state index in [0.717, 1.165) is 12.1 Å². The predicted molar refractivity (Wildman–Crippen MR) is 111 cm³/mol. The number of hydrogen-bond acceptors (Lipinski definition) is 5. The molecule has 0 aromatic carbocycles. The van der Waals surface area contributed by atoms with Gasteiger partial charge in [-0.3, -0.25) is 0 Å². The van der Waals surface area contributed by atoms with Gasteiger partial charge in [0.2, 0.25) is 0 Å². The van der Waals surface area contributed by atoms with E-state index in [9.17, 15) is 17.6 Å². The number of nitrogens with zero attached hydrogens (tertiary/aromatic N) is 6. The molecule has 0 spiro atoms. The Hall–Kier alpha value is -3.26. The maximum Gasteiger partial charge on any atom is 4.00 e. The number of anilines is 1. The van der Waals surface area contributed by atoms with Crippen molar-refractivity contribution in [1.29, 1.82) is 0 Å². The smallest absolute Gasteiger partial charge is 0.372 e. The van der Waals surface area contributed by atoms with E-state index in [0.29, 0.717) is 5.69 Å². The average molecular weight is 639 g/mol. The van der Waals surface area contributed by atoms with Gasteiger partial charge in [0.1, 0.15) is 6.34 Å². The maximum absolute atomic E-state index is 13.5. The Bertz CT molecular complexity index is 1130. The van der Waals surface area contributed by atoms with E-state index >= 15 is 0 Å². The third kappa shape index (κ3) is 5.57. The van der Waals surface area contributed by atoms with Crippen LogP contribution in [-0.4, -0.2) is 34.4 Å². The van der Waals surface area contributed by atoms with Gasteiger partial charge in [-0.05, 0) is 6.17 Å². The van der Waals surface area contributed by atoms with Gasteiger partial charge in [0.05, 0.1) is 11.9 Å². The second-order valence-corrected chi connectivity index (χ2v) is 6.79. The maximum atomic E-state index is 13.5. The van der Waals surface area contributed by atoms with Crippen LogP contribution in [0.4, 0.5) is 23.2 Å². The largest absolute Gasteiger partial charge is 4.00 e. The minimum absolute atomic E-state index is 0. The fourth-order valence-electron chi connectivity index (χ4n) is 2.94. The summed E-state index contributed by atoms with van der Waals surface area (Å²) in [6, 6.07) is 7.30. The van der Waals surface area contributed by atoms with Crippen molar-refractivity contribution in [3.05, 3.63) is 99.3 Å². The van der Waals surface area contributed by atoms with E-state index in [1.54, 1.807) is 36.3 Å². The molecule has 0 radical (unpaired) electrons. The third-order valence-corrected chi connectivity index (χ3v) is 4.56. The van der Waals surface area contributed by atoms with Crippen molar-refractivity contribution in [3.8, 4) is 11.3 Å². The van der Waals surface area contributed by atoms with Crippen molar-refractivity contribution in [3.63, 3.8) is 0 Å². The molecule has 0 aliphatic carbocycles. The van der Waals surface area contributed by atoms with Crippen LogP contribution in [0.2, 0.25) is 0 Å². The second-order valence-electron chi connectivity index (χ2n) is 6.79. The first kappa shape index (κ1) is 26.0. The molecular weight excluding hydrogens is 619 g/mol. The van der Waals surface area contributed by atoms with Crippen molar-refractivity contribution in [2.45, 2.75) is 6.17 Å². The first-order valence-corrected chi connectivity index (χ1v) is 9.16. The quantitative estimate of drug-likeness (QED) is 0.187. The van der Waals surface area contributed by atoms with Crippen molar-refractivity contribution < 1.29 is 43.2 Å². The first-order valence-electron chi connectivity index (χ1n) is 9.16. The summed E-state index contributed by atoms with van der Waals surface area (Å²) in [7, 11) is 5.45. The normalized spacial score (nSPS) is 14.5. The van der Waals surface area contributed by atoms with Crippen LogP contribution in [0.3, 0.4) is 0 Å². The molecular formula is C22H19F4N6Pt+. The number of halogens is 4. The van der Waals surface area contributed by atoms with Crippen molar-refractivity contribution in [2.24, 2.45) is 5.10 Å². The molecule has 4 rings (SSSR count). The van der Waals surface area contributed by atoms with Crippen LogP contribution >= 0.6 is 0 Å². The number of rotatable bonds is 2. The molecule has 33 heavy (non-hydrogen) atoms. The van der Waals surface area contributed by atoms with E-state index in [-0.39, 0.29) is 43.4 Å². The summed E-state index contributed by atoms with van der Waals surface area (Å²) in [6.07, 6.45) is 2.76. The van der Waals surface area contributed by atoms with Crippen LogP contribution in [0.5, 0.6) is 0 Å². The molecule has 1 aliphatic rings. The van der Waals surface area contributed by atoms with Crippen LogP contribution in [0, 0.1) is 51.6 Å². The van der Waals surface area contributed by atoms with Crippen molar-refractivity contribution in [2.75, 3.05) is 12.1 Å². The molecule has 11 heteroatoms. The number of hydrazone groups is 1. The average Bonchev–Trinajstić information content (AvgIpc) is 3.01. The van der Waals surface area contributed by atoms with E-state index in [1.165, 1.54) is 15.9 Å². The van der Waals surface area contributed by atoms with Crippen molar-refractivity contribution in [1.82, 2.24) is 14.9 Å². The van der Waals surface area contributed by atoms with Gasteiger partial charge in [0, 0.05) is 19.8 Å². The van der Waals surface area contributed by atoms with Crippen LogP contribution in [0.1, 0.15) is 11.1 Å². The predicted octanol–water partition coefficient (Wildman–Crippen LogP) is 3.53. The Morgan fingerprint density at radius 3 is 2.09 bits per heavy atom. The molecule has 0 fully saturated rings. The van der Waals surface area contributed by atoms with E-state index in [4.69, 9.17) is 0 Å². The minimum atomic E-state index is -0.939. The molecule has 0 bridgehead atoms. The van der Waals surface area contributed by atoms with Crippen molar-refractivity contribution >= 4 is 12.0 Å². The molecule has 0 amide bonds. The molecule has 174 valence electrons. The summed E-state index contributed by atoms with van der Waals surface area (Å²) in [4.78, 5) is 7.92. The number of aromatic nitrogens is 3. The summed E-state index contributed by atoms with van der Waals surface area (Å²) < 4.78 is 54.1. The summed E-state index contributed by atoms with van der Waals surface area (Å²) in [6.45, 7) is 11.0. The molecule has 3 aromatic rings. The van der Waals surface area contributed by atoms with Gasteiger partial charge in [0.15, 0.2) is 23.8 Å². The molecule has 1 aliphatic heterocycles. The fourth-order valence-corrected chi connectivity index (χ4v) is 2.94. The van der Waals surface area contributed by atoms with Crippen LogP contribution in [0.15, 0.2) is 41.6 Å². The van der Waals surface area contributed by atoms with E-state index in [1.807, 2.05) is 0 Å². The standard InChI is InChI=1S/C12H9F2N2.C10H10F2N4.Pt/c1-8-7-10(13)15-12(14)11(8)9-5-3-4-6-16(9)2;1-6-4-8(11)14-10(12)9(6)16-7(2)15(3)5-13-16;/h3-7H,1-2H2;4-5,7H,1-2H2,3H3;/q-1;-2;+4. The third-order valence-electron chi connectivity index (χ3n) is 4.56. The Labute approximate surface area is 203 Å². The monoisotopic (exact) mass is 638 g/mol. The summed E-state index contributed by atoms with van der Waals surface area (Å²) in [5, 5.41) is 5.26. The molecule has 1 unspecified atom stereocenters. The molecule has 0 N–H and O–H groups in total. The van der Waals surface area contributed by atoms with Gasteiger partial charge in [-0.25, -0.2) is 14.4 Å². The van der Waals surface area contributed by atoms with E-state index in [2.05, 4.69) is 42.9 Å². The molecule has 1 atom stereocenters. The van der Waals surface area contributed by atoms with E-state index < -0.39 is 30.0 Å². The first-order chi connectivity index (χ1) is 15.1. The zero-order valence-corrected chi connectivity index (χ0v) is 19.7. The van der Waals surface area contributed by atoms with Crippen LogP contribution in [0.25, 0.3) is 11.3 Å².